The van der Waals surface area contributed by atoms with Crippen molar-refractivity contribution in [2.24, 2.45) is 11.3 Å². The monoisotopic (exact) mass is 266 g/mol. The standard InChI is InChI=1S/C17H34N2/c1-4-17(2,3)14-8-10-15(11-9-14)19-13-16-7-5-6-12-18-16/h14-16,18-19H,4-13H2,1-3H3. The van der Waals surface area contributed by atoms with Gasteiger partial charge in [0.25, 0.3) is 0 Å². The highest BCUT2D eigenvalue weighted by Gasteiger charge is 2.31. The van der Waals surface area contributed by atoms with Gasteiger partial charge in [0, 0.05) is 18.6 Å². The minimum Gasteiger partial charge on any atom is -0.313 e. The van der Waals surface area contributed by atoms with Crippen molar-refractivity contribution in [3.05, 3.63) is 0 Å². The second-order valence-electron chi connectivity index (χ2n) is 7.45. The molecule has 2 fully saturated rings. The molecule has 1 saturated carbocycles. The third-order valence-electron chi connectivity index (χ3n) is 5.81. The molecule has 1 aliphatic heterocycles. The molecule has 0 aromatic rings. The van der Waals surface area contributed by atoms with Crippen LogP contribution in [0.5, 0.6) is 0 Å². The smallest absolute Gasteiger partial charge is 0.0192 e. The van der Waals surface area contributed by atoms with Crippen molar-refractivity contribution >= 4 is 0 Å². The van der Waals surface area contributed by atoms with Crippen LogP contribution < -0.4 is 10.6 Å². The zero-order chi connectivity index (χ0) is 13.7. The molecule has 1 saturated heterocycles. The van der Waals surface area contributed by atoms with Gasteiger partial charge in [0.05, 0.1) is 0 Å². The first-order valence-electron chi connectivity index (χ1n) is 8.58. The third-order valence-corrected chi connectivity index (χ3v) is 5.81. The van der Waals surface area contributed by atoms with Crippen LogP contribution in [0.15, 0.2) is 0 Å². The summed E-state index contributed by atoms with van der Waals surface area (Å²) in [7, 11) is 0. The summed E-state index contributed by atoms with van der Waals surface area (Å²) < 4.78 is 0. The fourth-order valence-electron chi connectivity index (χ4n) is 3.77. The van der Waals surface area contributed by atoms with E-state index in [1.807, 2.05) is 0 Å². The van der Waals surface area contributed by atoms with Crippen LogP contribution in [-0.4, -0.2) is 25.2 Å². The Morgan fingerprint density at radius 2 is 1.79 bits per heavy atom. The van der Waals surface area contributed by atoms with Gasteiger partial charge in [-0.05, 0) is 56.4 Å². The fourth-order valence-corrected chi connectivity index (χ4v) is 3.77. The van der Waals surface area contributed by atoms with E-state index >= 15 is 0 Å². The SMILES string of the molecule is CCC(C)(C)C1CCC(NCC2CCCCN2)CC1. The van der Waals surface area contributed by atoms with Crippen LogP contribution in [0, 0.1) is 11.3 Å². The van der Waals surface area contributed by atoms with Gasteiger partial charge in [-0.2, -0.15) is 0 Å². The Hall–Kier alpha value is -0.0800. The first-order chi connectivity index (χ1) is 9.12. The van der Waals surface area contributed by atoms with Crippen molar-refractivity contribution in [1.29, 1.82) is 0 Å². The maximum atomic E-state index is 3.82. The molecule has 2 heteroatoms. The number of hydrogen-bond donors (Lipinski definition) is 2. The molecule has 0 aromatic carbocycles. The van der Waals surface area contributed by atoms with Crippen molar-refractivity contribution in [2.45, 2.75) is 84.2 Å². The van der Waals surface area contributed by atoms with Crippen LogP contribution in [0.4, 0.5) is 0 Å². The molecule has 2 nitrogen and oxygen atoms in total. The highest BCUT2D eigenvalue weighted by molar-refractivity contribution is 4.86. The van der Waals surface area contributed by atoms with Gasteiger partial charge in [0.2, 0.25) is 0 Å². The molecule has 0 spiro atoms. The Labute approximate surface area is 120 Å². The van der Waals surface area contributed by atoms with E-state index in [0.717, 1.165) is 18.0 Å². The highest BCUT2D eigenvalue weighted by atomic mass is 15.0. The summed E-state index contributed by atoms with van der Waals surface area (Å²) >= 11 is 0. The number of piperidine rings is 1. The summed E-state index contributed by atoms with van der Waals surface area (Å²) in [6.45, 7) is 9.67. The van der Waals surface area contributed by atoms with Gasteiger partial charge in [-0.3, -0.25) is 0 Å². The summed E-state index contributed by atoms with van der Waals surface area (Å²) in [6.07, 6.45) is 11.1. The summed E-state index contributed by atoms with van der Waals surface area (Å²) in [6, 6.07) is 1.52. The largest absolute Gasteiger partial charge is 0.313 e. The summed E-state index contributed by atoms with van der Waals surface area (Å²) in [5, 5.41) is 7.46. The topological polar surface area (TPSA) is 24.1 Å². The van der Waals surface area contributed by atoms with Crippen molar-refractivity contribution in [3.8, 4) is 0 Å². The van der Waals surface area contributed by atoms with Gasteiger partial charge in [-0.25, -0.2) is 0 Å². The Kier molecular flexibility index (Phi) is 5.70. The van der Waals surface area contributed by atoms with Gasteiger partial charge in [0.15, 0.2) is 0 Å². The fraction of sp³-hybridized carbons (Fsp3) is 1.00. The lowest BCUT2D eigenvalue weighted by Crippen LogP contribution is -2.46. The Morgan fingerprint density at radius 1 is 1.05 bits per heavy atom. The molecule has 0 radical (unpaired) electrons. The quantitative estimate of drug-likeness (QED) is 0.792. The van der Waals surface area contributed by atoms with Crippen LogP contribution in [0.2, 0.25) is 0 Å². The summed E-state index contributed by atoms with van der Waals surface area (Å²) in [5.74, 6) is 0.948. The first-order valence-corrected chi connectivity index (χ1v) is 8.58. The molecule has 2 rings (SSSR count). The molecule has 0 amide bonds. The molecule has 0 aromatic heterocycles. The van der Waals surface area contributed by atoms with Crippen LogP contribution in [-0.2, 0) is 0 Å². The third kappa shape index (κ3) is 4.46. The lowest BCUT2D eigenvalue weighted by Gasteiger charge is -2.39. The molecule has 1 aliphatic carbocycles. The average Bonchev–Trinajstić information content (AvgIpc) is 2.47. The van der Waals surface area contributed by atoms with Gasteiger partial charge in [-0.15, -0.1) is 0 Å². The van der Waals surface area contributed by atoms with Gasteiger partial charge >= 0.3 is 0 Å². The van der Waals surface area contributed by atoms with Crippen LogP contribution in [0.3, 0.4) is 0 Å². The molecule has 0 bridgehead atoms. The van der Waals surface area contributed by atoms with Crippen LogP contribution in [0.25, 0.3) is 0 Å². The van der Waals surface area contributed by atoms with E-state index in [0.29, 0.717) is 5.41 Å². The Balaban J connectivity index is 1.66. The molecular weight excluding hydrogens is 232 g/mol. The number of nitrogens with one attached hydrogen (secondary N) is 2. The molecule has 1 unspecified atom stereocenters. The minimum atomic E-state index is 0.551. The molecule has 1 atom stereocenters. The second-order valence-corrected chi connectivity index (χ2v) is 7.45. The van der Waals surface area contributed by atoms with E-state index in [1.165, 1.54) is 64.5 Å². The maximum absolute atomic E-state index is 3.82. The first kappa shape index (κ1) is 15.3. The predicted molar refractivity (Wildman–Crippen MR) is 83.5 cm³/mol. The Bertz CT molecular complexity index is 248. The lowest BCUT2D eigenvalue weighted by molar-refractivity contribution is 0.136. The molecule has 112 valence electrons. The number of hydrogen-bond acceptors (Lipinski definition) is 2. The molecule has 1 heterocycles. The van der Waals surface area contributed by atoms with Crippen molar-refractivity contribution < 1.29 is 0 Å². The normalized spacial score (nSPS) is 33.3. The average molecular weight is 266 g/mol. The molecule has 2 N–H and O–H groups in total. The molecule has 19 heavy (non-hydrogen) atoms. The van der Waals surface area contributed by atoms with E-state index in [1.54, 1.807) is 0 Å². The lowest BCUT2D eigenvalue weighted by atomic mass is 9.69. The maximum Gasteiger partial charge on any atom is 0.0192 e. The van der Waals surface area contributed by atoms with Gasteiger partial charge < -0.3 is 10.6 Å². The van der Waals surface area contributed by atoms with Crippen LogP contribution in [0.1, 0.15) is 72.1 Å². The van der Waals surface area contributed by atoms with Crippen LogP contribution >= 0.6 is 0 Å². The van der Waals surface area contributed by atoms with E-state index in [4.69, 9.17) is 0 Å². The second kappa shape index (κ2) is 7.08. The van der Waals surface area contributed by atoms with E-state index in [2.05, 4.69) is 31.4 Å². The van der Waals surface area contributed by atoms with E-state index in [9.17, 15) is 0 Å². The molecule has 2 aliphatic rings. The van der Waals surface area contributed by atoms with Crippen molar-refractivity contribution in [3.63, 3.8) is 0 Å². The van der Waals surface area contributed by atoms with E-state index in [-0.39, 0.29) is 0 Å². The zero-order valence-corrected chi connectivity index (χ0v) is 13.3. The van der Waals surface area contributed by atoms with Crippen molar-refractivity contribution in [1.82, 2.24) is 10.6 Å². The summed E-state index contributed by atoms with van der Waals surface area (Å²) in [5.41, 5.74) is 0.551. The summed E-state index contributed by atoms with van der Waals surface area (Å²) in [4.78, 5) is 0. The number of rotatable bonds is 5. The minimum absolute atomic E-state index is 0.551. The zero-order valence-electron chi connectivity index (χ0n) is 13.3. The van der Waals surface area contributed by atoms with Gasteiger partial charge in [-0.1, -0.05) is 33.6 Å². The Morgan fingerprint density at radius 3 is 2.37 bits per heavy atom. The predicted octanol–water partition coefficient (Wildman–Crippen LogP) is 3.71. The van der Waals surface area contributed by atoms with Gasteiger partial charge in [0.1, 0.15) is 0 Å². The highest BCUT2D eigenvalue weighted by Crippen LogP contribution is 2.40. The van der Waals surface area contributed by atoms with Crippen molar-refractivity contribution in [2.75, 3.05) is 13.1 Å². The molecular formula is C17H34N2. The van der Waals surface area contributed by atoms with E-state index < -0.39 is 0 Å².